The Balaban J connectivity index is 1.58. The third kappa shape index (κ3) is 4.59. The van der Waals surface area contributed by atoms with Crippen LogP contribution in [0.5, 0.6) is 17.2 Å². The number of rotatable bonds is 4. The molecule has 1 aliphatic rings. The fourth-order valence-corrected chi connectivity index (χ4v) is 3.58. The Kier molecular flexibility index (Phi) is 5.73. The number of thiocarbonyl (C=S) groups is 1. The van der Waals surface area contributed by atoms with Crippen LogP contribution in [0.2, 0.25) is 0 Å². The molecule has 0 amide bonds. The van der Waals surface area contributed by atoms with Crippen molar-refractivity contribution in [2.75, 3.05) is 12.4 Å². The number of hydrogen-bond donors (Lipinski definition) is 3. The van der Waals surface area contributed by atoms with Crippen LogP contribution in [0.25, 0.3) is 0 Å². The second-order valence-corrected chi connectivity index (χ2v) is 7.69. The van der Waals surface area contributed by atoms with Crippen LogP contribution in [0, 0.1) is 0 Å². The fraction of sp³-hybridized carbons (Fsp3) is 0.174. The first-order chi connectivity index (χ1) is 15.0. The SMILES string of the molecule is COc1ccc(NC(=S)N/N=C2/C[C@@](C)(c3cccnc3)Oc3ccc(O)cc32)cc1. The molecule has 3 aromatic rings. The Morgan fingerprint density at radius 3 is 2.74 bits per heavy atom. The normalized spacial score (nSPS) is 18.6. The summed E-state index contributed by atoms with van der Waals surface area (Å²) in [6.45, 7) is 1.99. The predicted octanol–water partition coefficient (Wildman–Crippen LogP) is 4.18. The third-order valence-electron chi connectivity index (χ3n) is 5.03. The number of aromatic nitrogens is 1. The van der Waals surface area contributed by atoms with Gasteiger partial charge in [0.25, 0.3) is 0 Å². The molecule has 0 fully saturated rings. The highest BCUT2D eigenvalue weighted by atomic mass is 32.1. The second-order valence-electron chi connectivity index (χ2n) is 7.28. The van der Waals surface area contributed by atoms with Crippen LogP contribution < -0.4 is 20.2 Å². The fourth-order valence-electron chi connectivity index (χ4n) is 3.41. The van der Waals surface area contributed by atoms with Gasteiger partial charge < -0.3 is 19.9 Å². The number of phenolic OH excluding ortho intramolecular Hbond substituents is 1. The Morgan fingerprint density at radius 1 is 1.23 bits per heavy atom. The van der Waals surface area contributed by atoms with E-state index in [0.29, 0.717) is 28.6 Å². The summed E-state index contributed by atoms with van der Waals surface area (Å²) >= 11 is 5.39. The molecule has 2 heterocycles. The molecule has 1 aliphatic heterocycles. The van der Waals surface area contributed by atoms with E-state index >= 15 is 0 Å². The number of aromatic hydroxyl groups is 1. The van der Waals surface area contributed by atoms with Crippen LogP contribution >= 0.6 is 12.2 Å². The van der Waals surface area contributed by atoms with Crippen LogP contribution in [0.1, 0.15) is 24.5 Å². The third-order valence-corrected chi connectivity index (χ3v) is 5.22. The zero-order chi connectivity index (χ0) is 21.8. The van der Waals surface area contributed by atoms with Crippen LogP contribution in [0.15, 0.2) is 72.1 Å². The van der Waals surface area contributed by atoms with Crippen molar-refractivity contribution in [3.8, 4) is 17.2 Å². The number of nitrogens with zero attached hydrogens (tertiary/aromatic N) is 2. The molecule has 0 saturated heterocycles. The number of phenols is 1. The van der Waals surface area contributed by atoms with Crippen molar-refractivity contribution in [2.45, 2.75) is 18.9 Å². The van der Waals surface area contributed by atoms with Gasteiger partial charge in [0.2, 0.25) is 0 Å². The van der Waals surface area contributed by atoms with E-state index < -0.39 is 5.60 Å². The Morgan fingerprint density at radius 2 is 2.03 bits per heavy atom. The maximum Gasteiger partial charge on any atom is 0.191 e. The molecule has 31 heavy (non-hydrogen) atoms. The van der Waals surface area contributed by atoms with Crippen LogP contribution in [0.4, 0.5) is 5.69 Å². The zero-order valence-corrected chi connectivity index (χ0v) is 17.9. The number of fused-ring (bicyclic) bond motifs is 1. The standard InChI is InChI=1S/C23H22N4O3S/c1-23(15-4-3-11-24-14-15)13-20(19-12-17(28)7-10-21(19)30-23)26-27-22(31)25-16-5-8-18(29-2)9-6-16/h3-12,14,28H,13H2,1-2H3,(H2,25,27,31)/b26-20-/t23-/m0/s1. The maximum absolute atomic E-state index is 9.98. The van der Waals surface area contributed by atoms with Gasteiger partial charge in [0.1, 0.15) is 22.8 Å². The summed E-state index contributed by atoms with van der Waals surface area (Å²) in [4.78, 5) is 4.22. The summed E-state index contributed by atoms with van der Waals surface area (Å²) in [5.41, 5.74) is 5.40. The minimum Gasteiger partial charge on any atom is -0.508 e. The molecule has 7 nitrogen and oxygen atoms in total. The first-order valence-corrected chi connectivity index (χ1v) is 10.1. The molecule has 0 saturated carbocycles. The lowest BCUT2D eigenvalue weighted by molar-refractivity contribution is 0.0882. The van der Waals surface area contributed by atoms with Crippen LogP contribution in [-0.2, 0) is 5.60 Å². The molecule has 3 N–H and O–H groups in total. The summed E-state index contributed by atoms with van der Waals surface area (Å²) in [7, 11) is 1.62. The first-order valence-electron chi connectivity index (χ1n) is 9.67. The van der Waals surface area contributed by atoms with E-state index in [4.69, 9.17) is 21.7 Å². The minimum atomic E-state index is -0.663. The zero-order valence-electron chi connectivity index (χ0n) is 17.1. The van der Waals surface area contributed by atoms with E-state index in [1.807, 2.05) is 43.3 Å². The van der Waals surface area contributed by atoms with E-state index in [2.05, 4.69) is 20.8 Å². The molecule has 0 radical (unpaired) electrons. The topological polar surface area (TPSA) is 88.0 Å². The Hall–Kier alpha value is -3.65. The summed E-state index contributed by atoms with van der Waals surface area (Å²) < 4.78 is 11.5. The van der Waals surface area contributed by atoms with Crippen LogP contribution in [-0.4, -0.2) is 28.0 Å². The second kappa shape index (κ2) is 8.61. The molecule has 2 aromatic carbocycles. The molecule has 4 rings (SSSR count). The van der Waals surface area contributed by atoms with Gasteiger partial charge in [-0.05, 0) is 67.7 Å². The smallest absolute Gasteiger partial charge is 0.191 e. The van der Waals surface area contributed by atoms with Gasteiger partial charge in [0, 0.05) is 35.6 Å². The number of hydrogen-bond acceptors (Lipinski definition) is 6. The summed E-state index contributed by atoms with van der Waals surface area (Å²) in [6, 6.07) is 16.2. The van der Waals surface area contributed by atoms with Crippen molar-refractivity contribution in [2.24, 2.45) is 5.10 Å². The Bertz CT molecular complexity index is 1120. The van der Waals surface area contributed by atoms with E-state index in [-0.39, 0.29) is 5.75 Å². The maximum atomic E-state index is 9.98. The largest absolute Gasteiger partial charge is 0.508 e. The number of methoxy groups -OCH3 is 1. The molecule has 0 spiro atoms. The van der Waals surface area contributed by atoms with E-state index in [0.717, 1.165) is 17.0 Å². The molecule has 158 valence electrons. The van der Waals surface area contributed by atoms with Crippen molar-refractivity contribution in [3.05, 3.63) is 78.1 Å². The van der Waals surface area contributed by atoms with Crippen LogP contribution in [0.3, 0.4) is 0 Å². The molecular formula is C23H22N4O3S. The average molecular weight is 435 g/mol. The number of hydrazone groups is 1. The quantitative estimate of drug-likeness (QED) is 0.419. The highest BCUT2D eigenvalue weighted by Crippen LogP contribution is 2.40. The number of anilines is 1. The van der Waals surface area contributed by atoms with Crippen molar-refractivity contribution in [1.82, 2.24) is 10.4 Å². The van der Waals surface area contributed by atoms with Gasteiger partial charge in [0.05, 0.1) is 12.8 Å². The van der Waals surface area contributed by atoms with Gasteiger partial charge in [-0.15, -0.1) is 0 Å². The molecular weight excluding hydrogens is 412 g/mol. The van der Waals surface area contributed by atoms with Crippen molar-refractivity contribution in [1.29, 1.82) is 0 Å². The van der Waals surface area contributed by atoms with Crippen molar-refractivity contribution < 1.29 is 14.6 Å². The molecule has 1 aromatic heterocycles. The van der Waals surface area contributed by atoms with Crippen molar-refractivity contribution in [3.63, 3.8) is 0 Å². The van der Waals surface area contributed by atoms with E-state index in [1.54, 1.807) is 37.7 Å². The van der Waals surface area contributed by atoms with Gasteiger partial charge >= 0.3 is 0 Å². The molecule has 1 atom stereocenters. The monoisotopic (exact) mass is 434 g/mol. The molecule has 0 unspecified atom stereocenters. The first kappa shape index (κ1) is 20.6. The lowest BCUT2D eigenvalue weighted by atomic mass is 9.86. The Labute approximate surface area is 185 Å². The highest BCUT2D eigenvalue weighted by molar-refractivity contribution is 7.80. The van der Waals surface area contributed by atoms with Gasteiger partial charge in [-0.3, -0.25) is 10.4 Å². The van der Waals surface area contributed by atoms with E-state index in [1.165, 1.54) is 0 Å². The van der Waals surface area contributed by atoms with Gasteiger partial charge in [-0.1, -0.05) is 6.07 Å². The summed E-state index contributed by atoms with van der Waals surface area (Å²) in [5, 5.41) is 18.0. The minimum absolute atomic E-state index is 0.138. The lowest BCUT2D eigenvalue weighted by Crippen LogP contribution is -2.38. The molecule has 0 bridgehead atoms. The van der Waals surface area contributed by atoms with E-state index in [9.17, 15) is 5.11 Å². The molecule has 0 aliphatic carbocycles. The molecule has 8 heteroatoms. The highest BCUT2D eigenvalue weighted by Gasteiger charge is 2.37. The summed E-state index contributed by atoms with van der Waals surface area (Å²) in [5.74, 6) is 1.53. The van der Waals surface area contributed by atoms with Crippen molar-refractivity contribution >= 4 is 28.7 Å². The predicted molar refractivity (Wildman–Crippen MR) is 124 cm³/mol. The van der Waals surface area contributed by atoms with Gasteiger partial charge in [-0.2, -0.15) is 5.10 Å². The number of pyridine rings is 1. The summed E-state index contributed by atoms with van der Waals surface area (Å²) in [6.07, 6.45) is 3.97. The average Bonchev–Trinajstić information content (AvgIpc) is 2.79. The number of benzene rings is 2. The lowest BCUT2D eigenvalue weighted by Gasteiger charge is -2.36. The van der Waals surface area contributed by atoms with Gasteiger partial charge in [0.15, 0.2) is 5.11 Å². The number of ether oxygens (including phenoxy) is 2. The van der Waals surface area contributed by atoms with Gasteiger partial charge in [-0.25, -0.2) is 0 Å². The number of nitrogens with one attached hydrogen (secondary N) is 2.